The van der Waals surface area contributed by atoms with Crippen LogP contribution in [0.3, 0.4) is 0 Å². The Labute approximate surface area is 119 Å². The number of nitrogens with one attached hydrogen (secondary N) is 1. The molecule has 0 radical (unpaired) electrons. The minimum Gasteiger partial charge on any atom is -0.349 e. The predicted octanol–water partition coefficient (Wildman–Crippen LogP) is 2.32. The van der Waals surface area contributed by atoms with Gasteiger partial charge < -0.3 is 5.32 Å². The number of hydrogen-bond donors (Lipinski definition) is 1. The molecule has 0 atom stereocenters. The SMILES string of the molecule is CC(C)CCC(=O)NCc1nncn1-c1ccccc1. The summed E-state index contributed by atoms with van der Waals surface area (Å²) in [4.78, 5) is 11.7. The molecule has 1 amide bonds. The van der Waals surface area contributed by atoms with Gasteiger partial charge in [-0.1, -0.05) is 32.0 Å². The summed E-state index contributed by atoms with van der Waals surface area (Å²) >= 11 is 0. The lowest BCUT2D eigenvalue weighted by atomic mass is 10.1. The van der Waals surface area contributed by atoms with Gasteiger partial charge in [-0.25, -0.2) is 0 Å². The molecular formula is C15H20N4O. The zero-order valence-corrected chi connectivity index (χ0v) is 11.9. The van der Waals surface area contributed by atoms with Crippen molar-refractivity contribution in [3.8, 4) is 5.69 Å². The zero-order valence-electron chi connectivity index (χ0n) is 11.9. The van der Waals surface area contributed by atoms with Crippen LogP contribution in [0, 0.1) is 5.92 Å². The van der Waals surface area contributed by atoms with Gasteiger partial charge in [-0.15, -0.1) is 10.2 Å². The number of carbonyl (C=O) groups excluding carboxylic acids is 1. The number of aromatic nitrogens is 3. The van der Waals surface area contributed by atoms with Gasteiger partial charge in [0.15, 0.2) is 5.82 Å². The standard InChI is InChI=1S/C15H20N4O/c1-12(2)8-9-15(20)16-10-14-18-17-11-19(14)13-6-4-3-5-7-13/h3-7,11-12H,8-10H2,1-2H3,(H,16,20). The van der Waals surface area contributed by atoms with Crippen molar-refractivity contribution >= 4 is 5.91 Å². The quantitative estimate of drug-likeness (QED) is 0.878. The summed E-state index contributed by atoms with van der Waals surface area (Å²) in [6, 6.07) is 9.84. The van der Waals surface area contributed by atoms with Gasteiger partial charge in [0, 0.05) is 12.1 Å². The molecule has 1 aromatic carbocycles. The molecule has 0 spiro atoms. The first-order valence-corrected chi connectivity index (χ1v) is 6.88. The maximum atomic E-state index is 11.7. The molecule has 2 aromatic rings. The van der Waals surface area contributed by atoms with E-state index in [9.17, 15) is 4.79 Å². The summed E-state index contributed by atoms with van der Waals surface area (Å²) in [6.07, 6.45) is 3.11. The third kappa shape index (κ3) is 3.91. The Balaban J connectivity index is 1.95. The summed E-state index contributed by atoms with van der Waals surface area (Å²) in [7, 11) is 0. The summed E-state index contributed by atoms with van der Waals surface area (Å²) < 4.78 is 1.88. The van der Waals surface area contributed by atoms with Gasteiger partial charge in [-0.3, -0.25) is 9.36 Å². The van der Waals surface area contributed by atoms with Crippen LogP contribution in [0.5, 0.6) is 0 Å². The van der Waals surface area contributed by atoms with E-state index < -0.39 is 0 Å². The summed E-state index contributed by atoms with van der Waals surface area (Å²) in [5, 5.41) is 10.9. The lowest BCUT2D eigenvalue weighted by Crippen LogP contribution is -2.24. The predicted molar refractivity (Wildman–Crippen MR) is 77.3 cm³/mol. The highest BCUT2D eigenvalue weighted by atomic mass is 16.1. The van der Waals surface area contributed by atoms with Crippen LogP contribution in [-0.4, -0.2) is 20.7 Å². The molecule has 20 heavy (non-hydrogen) atoms. The maximum absolute atomic E-state index is 11.7. The third-order valence-corrected chi connectivity index (χ3v) is 3.05. The Morgan fingerprint density at radius 3 is 2.75 bits per heavy atom. The second kappa shape index (κ2) is 6.84. The Morgan fingerprint density at radius 2 is 2.05 bits per heavy atom. The molecule has 2 rings (SSSR count). The smallest absolute Gasteiger partial charge is 0.220 e. The first kappa shape index (κ1) is 14.2. The Bertz CT molecular complexity index is 548. The summed E-state index contributed by atoms with van der Waals surface area (Å²) in [6.45, 7) is 4.62. The van der Waals surface area contributed by atoms with Crippen LogP contribution in [0.4, 0.5) is 0 Å². The van der Waals surface area contributed by atoms with Crippen molar-refractivity contribution in [2.75, 3.05) is 0 Å². The average molecular weight is 272 g/mol. The minimum atomic E-state index is 0.0568. The van der Waals surface area contributed by atoms with Crippen LogP contribution >= 0.6 is 0 Å². The van der Waals surface area contributed by atoms with Crippen molar-refractivity contribution < 1.29 is 4.79 Å². The Hall–Kier alpha value is -2.17. The number of carbonyl (C=O) groups is 1. The van der Waals surface area contributed by atoms with Crippen molar-refractivity contribution in [1.82, 2.24) is 20.1 Å². The molecule has 0 aliphatic heterocycles. The number of nitrogens with zero attached hydrogens (tertiary/aromatic N) is 3. The normalized spacial score (nSPS) is 10.8. The van der Waals surface area contributed by atoms with E-state index in [-0.39, 0.29) is 5.91 Å². The van der Waals surface area contributed by atoms with E-state index in [4.69, 9.17) is 0 Å². The van der Waals surface area contributed by atoms with Gasteiger partial charge in [0.2, 0.25) is 5.91 Å². The van der Waals surface area contributed by atoms with Crippen LogP contribution in [0.2, 0.25) is 0 Å². The number of hydrogen-bond acceptors (Lipinski definition) is 3. The van der Waals surface area contributed by atoms with Gasteiger partial charge in [0.25, 0.3) is 0 Å². The molecule has 5 nitrogen and oxygen atoms in total. The summed E-state index contributed by atoms with van der Waals surface area (Å²) in [5.74, 6) is 1.32. The van der Waals surface area contributed by atoms with Crippen LogP contribution in [-0.2, 0) is 11.3 Å². The first-order chi connectivity index (χ1) is 9.66. The monoisotopic (exact) mass is 272 g/mol. The van der Waals surface area contributed by atoms with Gasteiger partial charge >= 0.3 is 0 Å². The maximum Gasteiger partial charge on any atom is 0.220 e. The first-order valence-electron chi connectivity index (χ1n) is 6.88. The molecule has 1 N–H and O–H groups in total. The van der Waals surface area contributed by atoms with Crippen molar-refractivity contribution in [2.45, 2.75) is 33.2 Å². The fraction of sp³-hybridized carbons (Fsp3) is 0.400. The van der Waals surface area contributed by atoms with Gasteiger partial charge in [-0.2, -0.15) is 0 Å². The van der Waals surface area contributed by atoms with E-state index in [1.165, 1.54) is 0 Å². The fourth-order valence-corrected chi connectivity index (χ4v) is 1.87. The molecule has 1 aromatic heterocycles. The second-order valence-electron chi connectivity index (χ2n) is 5.16. The highest BCUT2D eigenvalue weighted by Crippen LogP contribution is 2.09. The lowest BCUT2D eigenvalue weighted by molar-refractivity contribution is -0.121. The van der Waals surface area contributed by atoms with Crippen molar-refractivity contribution in [3.63, 3.8) is 0 Å². The minimum absolute atomic E-state index is 0.0568. The average Bonchev–Trinajstić information content (AvgIpc) is 2.92. The third-order valence-electron chi connectivity index (χ3n) is 3.05. The summed E-state index contributed by atoms with van der Waals surface area (Å²) in [5.41, 5.74) is 0.990. The molecule has 0 aliphatic rings. The number of amides is 1. The highest BCUT2D eigenvalue weighted by Gasteiger charge is 2.08. The lowest BCUT2D eigenvalue weighted by Gasteiger charge is -2.08. The van der Waals surface area contributed by atoms with E-state index in [1.807, 2.05) is 34.9 Å². The van der Waals surface area contributed by atoms with E-state index in [2.05, 4.69) is 29.4 Å². The van der Waals surface area contributed by atoms with Crippen LogP contribution in [0.15, 0.2) is 36.7 Å². The molecule has 0 saturated heterocycles. The topological polar surface area (TPSA) is 59.8 Å². The van der Waals surface area contributed by atoms with E-state index >= 15 is 0 Å². The molecule has 0 saturated carbocycles. The van der Waals surface area contributed by atoms with Gasteiger partial charge in [-0.05, 0) is 24.5 Å². The molecule has 0 bridgehead atoms. The molecule has 0 aliphatic carbocycles. The Morgan fingerprint density at radius 1 is 1.30 bits per heavy atom. The second-order valence-corrected chi connectivity index (χ2v) is 5.16. The highest BCUT2D eigenvalue weighted by molar-refractivity contribution is 5.75. The van der Waals surface area contributed by atoms with Crippen LogP contribution in [0.25, 0.3) is 5.69 Å². The van der Waals surface area contributed by atoms with Crippen molar-refractivity contribution in [3.05, 3.63) is 42.5 Å². The Kier molecular flexibility index (Phi) is 4.87. The molecule has 0 fully saturated rings. The molecule has 0 unspecified atom stereocenters. The van der Waals surface area contributed by atoms with Crippen LogP contribution in [0.1, 0.15) is 32.5 Å². The van der Waals surface area contributed by atoms with E-state index in [0.717, 1.165) is 17.9 Å². The van der Waals surface area contributed by atoms with Crippen LogP contribution < -0.4 is 5.32 Å². The van der Waals surface area contributed by atoms with Crippen molar-refractivity contribution in [2.24, 2.45) is 5.92 Å². The van der Waals surface area contributed by atoms with E-state index in [1.54, 1.807) is 6.33 Å². The number of rotatable bonds is 6. The molecule has 1 heterocycles. The van der Waals surface area contributed by atoms with Gasteiger partial charge in [0.1, 0.15) is 6.33 Å². The van der Waals surface area contributed by atoms with E-state index in [0.29, 0.717) is 18.9 Å². The number of benzene rings is 1. The molecule has 5 heteroatoms. The fourth-order valence-electron chi connectivity index (χ4n) is 1.87. The zero-order chi connectivity index (χ0) is 14.4. The number of para-hydroxylation sites is 1. The largest absolute Gasteiger partial charge is 0.349 e. The van der Waals surface area contributed by atoms with Gasteiger partial charge in [0.05, 0.1) is 6.54 Å². The molecule has 106 valence electrons. The molecular weight excluding hydrogens is 252 g/mol. The van der Waals surface area contributed by atoms with Crippen molar-refractivity contribution in [1.29, 1.82) is 0 Å².